The smallest absolute Gasteiger partial charge is 0.243 e. The molecule has 1 N–H and O–H groups in total. The van der Waals surface area contributed by atoms with Gasteiger partial charge in [-0.2, -0.15) is 4.31 Å². The molecule has 0 spiro atoms. The summed E-state index contributed by atoms with van der Waals surface area (Å²) in [6, 6.07) is 12.4. The van der Waals surface area contributed by atoms with Gasteiger partial charge in [-0.25, -0.2) is 13.4 Å². The largest absolute Gasteiger partial charge is 0.301 e. The van der Waals surface area contributed by atoms with Crippen molar-refractivity contribution in [2.24, 2.45) is 0 Å². The van der Waals surface area contributed by atoms with E-state index in [1.54, 1.807) is 12.1 Å². The molecule has 2 aromatic carbocycles. The number of hydrogen-bond donors (Lipinski definition) is 1. The average Bonchev–Trinajstić information content (AvgIpc) is 2.96. The molecule has 0 aliphatic rings. The minimum atomic E-state index is -3.72. The molecule has 0 bridgehead atoms. The van der Waals surface area contributed by atoms with Crippen LogP contribution in [0, 0.1) is 13.8 Å². The summed E-state index contributed by atoms with van der Waals surface area (Å²) in [6.45, 7) is 3.58. The predicted molar refractivity (Wildman–Crippen MR) is 104 cm³/mol. The van der Waals surface area contributed by atoms with Crippen molar-refractivity contribution < 1.29 is 13.2 Å². The number of nitrogens with one attached hydrogen (secondary N) is 1. The van der Waals surface area contributed by atoms with Crippen LogP contribution in [0.15, 0.2) is 47.4 Å². The number of aryl methyl sites for hydroxylation is 2. The summed E-state index contributed by atoms with van der Waals surface area (Å²) in [7, 11) is -2.33. The predicted octanol–water partition coefficient (Wildman–Crippen LogP) is 3.17. The fourth-order valence-electron chi connectivity index (χ4n) is 2.42. The molecule has 26 heavy (non-hydrogen) atoms. The number of benzene rings is 2. The lowest BCUT2D eigenvalue weighted by atomic mass is 10.2. The standard InChI is InChI=1S/C18H19N3O3S2/c1-12-4-7-14(8-5-12)26(23,24)21(3)11-17(22)20-18-19-15-9-6-13(2)10-16(15)25-18/h4-10H,11H2,1-3H3,(H,19,20,22). The molecule has 3 rings (SSSR count). The summed E-state index contributed by atoms with van der Waals surface area (Å²) in [5.74, 6) is -0.432. The summed E-state index contributed by atoms with van der Waals surface area (Å²) in [6.07, 6.45) is 0. The van der Waals surface area contributed by atoms with Gasteiger partial charge in [0.2, 0.25) is 15.9 Å². The molecule has 3 aromatic rings. The molecule has 0 atom stereocenters. The summed E-state index contributed by atoms with van der Waals surface area (Å²) in [4.78, 5) is 16.8. The van der Waals surface area contributed by atoms with Crippen molar-refractivity contribution >= 4 is 42.6 Å². The van der Waals surface area contributed by atoms with E-state index in [-0.39, 0.29) is 11.4 Å². The van der Waals surface area contributed by atoms with Crippen molar-refractivity contribution in [3.63, 3.8) is 0 Å². The number of sulfonamides is 1. The number of amides is 1. The van der Waals surface area contributed by atoms with Crippen LogP contribution in [0.4, 0.5) is 5.13 Å². The Balaban J connectivity index is 1.71. The molecular formula is C18H19N3O3S2. The van der Waals surface area contributed by atoms with Crippen molar-refractivity contribution in [3.05, 3.63) is 53.6 Å². The second-order valence-corrected chi connectivity index (χ2v) is 9.19. The average molecular weight is 390 g/mol. The molecule has 1 heterocycles. The second-order valence-electron chi connectivity index (χ2n) is 6.11. The molecule has 0 aliphatic carbocycles. The monoisotopic (exact) mass is 389 g/mol. The van der Waals surface area contributed by atoms with Crippen LogP contribution in [0.25, 0.3) is 10.2 Å². The molecule has 0 fully saturated rings. The van der Waals surface area contributed by atoms with E-state index in [0.29, 0.717) is 5.13 Å². The number of carbonyl (C=O) groups excluding carboxylic acids is 1. The Hall–Kier alpha value is -2.29. The molecule has 0 unspecified atom stereocenters. The van der Waals surface area contributed by atoms with Crippen molar-refractivity contribution in [3.8, 4) is 0 Å². The van der Waals surface area contributed by atoms with E-state index in [1.807, 2.05) is 32.0 Å². The Morgan fingerprint density at radius 1 is 1.12 bits per heavy atom. The van der Waals surface area contributed by atoms with Crippen LogP contribution in [-0.4, -0.2) is 37.2 Å². The normalized spacial score (nSPS) is 11.8. The van der Waals surface area contributed by atoms with Gasteiger partial charge in [-0.05, 0) is 43.7 Å². The summed E-state index contributed by atoms with van der Waals surface area (Å²) in [5.41, 5.74) is 2.88. The number of fused-ring (bicyclic) bond motifs is 1. The zero-order valence-electron chi connectivity index (χ0n) is 14.7. The lowest BCUT2D eigenvalue weighted by Crippen LogP contribution is -2.34. The van der Waals surface area contributed by atoms with Crippen LogP contribution in [0.2, 0.25) is 0 Å². The first-order valence-corrected chi connectivity index (χ1v) is 10.2. The quantitative estimate of drug-likeness (QED) is 0.727. The number of anilines is 1. The minimum Gasteiger partial charge on any atom is -0.301 e. The number of carbonyl (C=O) groups is 1. The van der Waals surface area contributed by atoms with Gasteiger partial charge in [-0.3, -0.25) is 4.79 Å². The third-order valence-electron chi connectivity index (χ3n) is 3.89. The number of rotatable bonds is 5. The highest BCUT2D eigenvalue weighted by atomic mass is 32.2. The van der Waals surface area contributed by atoms with E-state index in [1.165, 1.54) is 30.5 Å². The van der Waals surface area contributed by atoms with Crippen molar-refractivity contribution in [1.29, 1.82) is 0 Å². The van der Waals surface area contributed by atoms with Crippen LogP contribution in [0.3, 0.4) is 0 Å². The summed E-state index contributed by atoms with van der Waals surface area (Å²) >= 11 is 1.36. The van der Waals surface area contributed by atoms with E-state index >= 15 is 0 Å². The molecule has 0 saturated heterocycles. The van der Waals surface area contributed by atoms with Gasteiger partial charge in [0.05, 0.1) is 21.7 Å². The lowest BCUT2D eigenvalue weighted by Gasteiger charge is -2.16. The fourth-order valence-corrected chi connectivity index (χ4v) is 4.53. The van der Waals surface area contributed by atoms with Crippen LogP contribution in [0.5, 0.6) is 0 Å². The zero-order valence-corrected chi connectivity index (χ0v) is 16.3. The van der Waals surface area contributed by atoms with E-state index in [0.717, 1.165) is 25.6 Å². The van der Waals surface area contributed by atoms with E-state index in [4.69, 9.17) is 0 Å². The Bertz CT molecular complexity index is 1060. The molecule has 0 saturated carbocycles. The third-order valence-corrected chi connectivity index (χ3v) is 6.64. The van der Waals surface area contributed by atoms with Gasteiger partial charge in [0.1, 0.15) is 0 Å². The van der Waals surface area contributed by atoms with Crippen LogP contribution >= 0.6 is 11.3 Å². The molecule has 0 radical (unpaired) electrons. The first kappa shape index (κ1) is 18.5. The molecule has 136 valence electrons. The molecule has 1 amide bonds. The molecule has 6 nitrogen and oxygen atoms in total. The maximum absolute atomic E-state index is 12.5. The second kappa shape index (κ2) is 7.14. The fraction of sp³-hybridized carbons (Fsp3) is 0.222. The number of aromatic nitrogens is 1. The zero-order chi connectivity index (χ0) is 18.9. The van der Waals surface area contributed by atoms with Gasteiger partial charge in [0, 0.05) is 7.05 Å². The Labute approximate surface area is 156 Å². The van der Waals surface area contributed by atoms with Crippen molar-refractivity contribution in [2.75, 3.05) is 18.9 Å². The molecular weight excluding hydrogens is 370 g/mol. The Morgan fingerprint density at radius 3 is 2.46 bits per heavy atom. The van der Waals surface area contributed by atoms with Gasteiger partial charge < -0.3 is 5.32 Å². The van der Waals surface area contributed by atoms with E-state index in [9.17, 15) is 13.2 Å². The Kier molecular flexibility index (Phi) is 5.08. The van der Waals surface area contributed by atoms with Gasteiger partial charge in [0.15, 0.2) is 5.13 Å². The SMILES string of the molecule is Cc1ccc(S(=O)(=O)N(C)CC(=O)Nc2nc3ccc(C)cc3s2)cc1. The molecule has 1 aromatic heterocycles. The highest BCUT2D eigenvalue weighted by Crippen LogP contribution is 2.26. The van der Waals surface area contributed by atoms with Crippen molar-refractivity contribution in [1.82, 2.24) is 9.29 Å². The lowest BCUT2D eigenvalue weighted by molar-refractivity contribution is -0.116. The van der Waals surface area contributed by atoms with Crippen LogP contribution in [-0.2, 0) is 14.8 Å². The van der Waals surface area contributed by atoms with Gasteiger partial charge in [-0.1, -0.05) is 35.1 Å². The van der Waals surface area contributed by atoms with Gasteiger partial charge >= 0.3 is 0 Å². The van der Waals surface area contributed by atoms with Gasteiger partial charge in [-0.15, -0.1) is 0 Å². The highest BCUT2D eigenvalue weighted by molar-refractivity contribution is 7.89. The minimum absolute atomic E-state index is 0.161. The summed E-state index contributed by atoms with van der Waals surface area (Å²) in [5, 5.41) is 3.13. The van der Waals surface area contributed by atoms with E-state index in [2.05, 4.69) is 10.3 Å². The third kappa shape index (κ3) is 3.92. The summed E-state index contributed by atoms with van der Waals surface area (Å²) < 4.78 is 27.1. The number of nitrogens with zero attached hydrogens (tertiary/aromatic N) is 2. The maximum Gasteiger partial charge on any atom is 0.243 e. The Morgan fingerprint density at radius 2 is 1.77 bits per heavy atom. The molecule has 0 aliphatic heterocycles. The maximum atomic E-state index is 12.5. The number of thiazole rings is 1. The molecule has 8 heteroatoms. The van der Waals surface area contributed by atoms with Crippen molar-refractivity contribution in [2.45, 2.75) is 18.7 Å². The highest BCUT2D eigenvalue weighted by Gasteiger charge is 2.23. The van der Waals surface area contributed by atoms with Crippen LogP contribution in [0.1, 0.15) is 11.1 Å². The van der Waals surface area contributed by atoms with Crippen LogP contribution < -0.4 is 5.32 Å². The topological polar surface area (TPSA) is 79.4 Å². The first-order valence-electron chi connectivity index (χ1n) is 7.96. The van der Waals surface area contributed by atoms with Gasteiger partial charge in [0.25, 0.3) is 0 Å². The number of hydrogen-bond acceptors (Lipinski definition) is 5. The van der Waals surface area contributed by atoms with E-state index < -0.39 is 15.9 Å². The first-order chi connectivity index (χ1) is 12.3. The number of likely N-dealkylation sites (N-methyl/N-ethyl adjacent to an activating group) is 1.